The van der Waals surface area contributed by atoms with Crippen LogP contribution in [0.1, 0.15) is 11.5 Å². The summed E-state index contributed by atoms with van der Waals surface area (Å²) < 4.78 is 1.74. The molecule has 0 saturated carbocycles. The van der Waals surface area contributed by atoms with E-state index in [-0.39, 0.29) is 6.42 Å². The Labute approximate surface area is 75.4 Å². The van der Waals surface area contributed by atoms with Crippen LogP contribution < -0.4 is 0 Å². The minimum atomic E-state index is 0.265. The first kappa shape index (κ1) is 7.74. The first-order valence-electron chi connectivity index (χ1n) is 3.99. The van der Waals surface area contributed by atoms with Crippen molar-refractivity contribution >= 4 is 5.65 Å². The molecule has 0 amide bonds. The van der Waals surface area contributed by atoms with E-state index in [9.17, 15) is 0 Å². The van der Waals surface area contributed by atoms with Crippen LogP contribution in [0.25, 0.3) is 5.65 Å². The second-order valence-corrected chi connectivity index (χ2v) is 2.80. The lowest BCUT2D eigenvalue weighted by Gasteiger charge is -1.93. The summed E-state index contributed by atoms with van der Waals surface area (Å²) in [4.78, 5) is 4.19. The minimum Gasteiger partial charge on any atom is -0.218 e. The molecule has 64 valence electrons. The van der Waals surface area contributed by atoms with Crippen molar-refractivity contribution in [1.82, 2.24) is 14.6 Å². The average molecular weight is 172 g/mol. The van der Waals surface area contributed by atoms with E-state index in [4.69, 9.17) is 5.26 Å². The quantitative estimate of drug-likeness (QED) is 0.647. The lowest BCUT2D eigenvalue weighted by Crippen LogP contribution is -1.92. The molecule has 2 aromatic rings. The van der Waals surface area contributed by atoms with Gasteiger partial charge in [-0.2, -0.15) is 5.26 Å². The molecule has 0 aliphatic carbocycles. The lowest BCUT2D eigenvalue weighted by atomic mass is 10.4. The van der Waals surface area contributed by atoms with Gasteiger partial charge in [-0.3, -0.25) is 0 Å². The molecule has 0 aliphatic heterocycles. The van der Waals surface area contributed by atoms with Crippen molar-refractivity contribution in [3.8, 4) is 6.07 Å². The van der Waals surface area contributed by atoms with Gasteiger partial charge in [-0.05, 0) is 19.1 Å². The molecule has 2 heterocycles. The highest BCUT2D eigenvalue weighted by Gasteiger charge is 2.03. The summed E-state index contributed by atoms with van der Waals surface area (Å²) >= 11 is 0. The number of hydrogen-bond donors (Lipinski definition) is 0. The number of hydrogen-bond acceptors (Lipinski definition) is 3. The van der Waals surface area contributed by atoms with Crippen LogP contribution in [-0.4, -0.2) is 14.6 Å². The van der Waals surface area contributed by atoms with Gasteiger partial charge in [-0.15, -0.1) is 5.10 Å². The highest BCUT2D eigenvalue weighted by atomic mass is 15.3. The monoisotopic (exact) mass is 172 g/mol. The molecule has 0 bridgehead atoms. The maximum absolute atomic E-state index is 8.47. The molecule has 0 aliphatic rings. The molecule has 4 nitrogen and oxygen atoms in total. The molecule has 2 rings (SSSR count). The number of pyridine rings is 1. The summed E-state index contributed by atoms with van der Waals surface area (Å²) in [6.45, 7) is 1.96. The largest absolute Gasteiger partial charge is 0.218 e. The zero-order valence-corrected chi connectivity index (χ0v) is 7.23. The summed E-state index contributed by atoms with van der Waals surface area (Å²) in [5.74, 6) is 0.580. The van der Waals surface area contributed by atoms with E-state index < -0.39 is 0 Å². The first-order valence-corrected chi connectivity index (χ1v) is 3.99. The van der Waals surface area contributed by atoms with Gasteiger partial charge in [-0.1, -0.05) is 6.07 Å². The van der Waals surface area contributed by atoms with Crippen LogP contribution in [0.5, 0.6) is 0 Å². The first-order chi connectivity index (χ1) is 6.31. The van der Waals surface area contributed by atoms with Gasteiger partial charge in [0.15, 0.2) is 11.5 Å². The number of aryl methyl sites for hydroxylation is 1. The molecular formula is C9H8N4. The van der Waals surface area contributed by atoms with E-state index in [1.54, 1.807) is 4.52 Å². The number of nitrogens with zero attached hydrogens (tertiary/aromatic N) is 4. The Hall–Kier alpha value is -1.89. The Morgan fingerprint density at radius 2 is 2.38 bits per heavy atom. The van der Waals surface area contributed by atoms with E-state index in [0.717, 1.165) is 11.3 Å². The molecule has 0 fully saturated rings. The van der Waals surface area contributed by atoms with Crippen LogP contribution in [0.4, 0.5) is 0 Å². The fraction of sp³-hybridized carbons (Fsp3) is 0.222. The number of rotatable bonds is 1. The van der Waals surface area contributed by atoms with Crippen LogP contribution >= 0.6 is 0 Å². The Morgan fingerprint density at radius 3 is 3.08 bits per heavy atom. The second-order valence-electron chi connectivity index (χ2n) is 2.80. The predicted octanol–water partition coefficient (Wildman–Crippen LogP) is 1.10. The summed E-state index contributed by atoms with van der Waals surface area (Å²) in [7, 11) is 0. The lowest BCUT2D eigenvalue weighted by molar-refractivity contribution is 0.878. The SMILES string of the molecule is Cc1cccc2nc(CC#N)nn12. The normalized spacial score (nSPS) is 10.2. The van der Waals surface area contributed by atoms with E-state index in [2.05, 4.69) is 10.1 Å². The van der Waals surface area contributed by atoms with Gasteiger partial charge in [0.25, 0.3) is 0 Å². The van der Waals surface area contributed by atoms with E-state index in [1.807, 2.05) is 31.2 Å². The molecular weight excluding hydrogens is 164 g/mol. The molecule has 0 unspecified atom stereocenters. The van der Waals surface area contributed by atoms with Crippen molar-refractivity contribution in [3.05, 3.63) is 29.7 Å². The van der Waals surface area contributed by atoms with Gasteiger partial charge in [-0.25, -0.2) is 9.50 Å². The molecule has 4 heteroatoms. The number of fused-ring (bicyclic) bond motifs is 1. The molecule has 0 atom stereocenters. The van der Waals surface area contributed by atoms with Crippen LogP contribution in [0.2, 0.25) is 0 Å². The van der Waals surface area contributed by atoms with Gasteiger partial charge < -0.3 is 0 Å². The van der Waals surface area contributed by atoms with Crippen molar-refractivity contribution in [2.24, 2.45) is 0 Å². The number of nitriles is 1. The topological polar surface area (TPSA) is 54.0 Å². The molecule has 2 aromatic heterocycles. The fourth-order valence-corrected chi connectivity index (χ4v) is 1.23. The third-order valence-corrected chi connectivity index (χ3v) is 1.83. The highest BCUT2D eigenvalue weighted by molar-refractivity contribution is 5.38. The molecule has 0 spiro atoms. The van der Waals surface area contributed by atoms with Crippen molar-refractivity contribution in [2.75, 3.05) is 0 Å². The van der Waals surface area contributed by atoms with Gasteiger partial charge in [0, 0.05) is 5.69 Å². The zero-order valence-electron chi connectivity index (χ0n) is 7.23. The van der Waals surface area contributed by atoms with Crippen LogP contribution in [0.15, 0.2) is 18.2 Å². The summed E-state index contributed by atoms with van der Waals surface area (Å²) in [6.07, 6.45) is 0.265. The maximum atomic E-state index is 8.47. The van der Waals surface area contributed by atoms with Gasteiger partial charge in [0.2, 0.25) is 0 Å². The molecule has 0 radical (unpaired) electrons. The van der Waals surface area contributed by atoms with E-state index >= 15 is 0 Å². The van der Waals surface area contributed by atoms with Crippen LogP contribution in [0, 0.1) is 18.3 Å². The van der Waals surface area contributed by atoms with Gasteiger partial charge in [0.05, 0.1) is 12.5 Å². The Kier molecular flexibility index (Phi) is 1.71. The second kappa shape index (κ2) is 2.87. The zero-order chi connectivity index (χ0) is 9.26. The van der Waals surface area contributed by atoms with Crippen molar-refractivity contribution in [3.63, 3.8) is 0 Å². The molecule has 13 heavy (non-hydrogen) atoms. The van der Waals surface area contributed by atoms with Gasteiger partial charge >= 0.3 is 0 Å². The number of aromatic nitrogens is 3. The molecule has 0 aromatic carbocycles. The molecule has 0 N–H and O–H groups in total. The Balaban J connectivity index is 2.63. The van der Waals surface area contributed by atoms with Crippen molar-refractivity contribution in [2.45, 2.75) is 13.3 Å². The van der Waals surface area contributed by atoms with Crippen molar-refractivity contribution in [1.29, 1.82) is 5.26 Å². The Bertz CT molecular complexity index is 478. The third kappa shape index (κ3) is 1.25. The summed E-state index contributed by atoms with van der Waals surface area (Å²) in [6, 6.07) is 7.78. The van der Waals surface area contributed by atoms with E-state index in [0.29, 0.717) is 5.82 Å². The average Bonchev–Trinajstić information content (AvgIpc) is 2.49. The molecule has 0 saturated heterocycles. The maximum Gasteiger partial charge on any atom is 0.165 e. The minimum absolute atomic E-state index is 0.265. The fourth-order valence-electron chi connectivity index (χ4n) is 1.23. The van der Waals surface area contributed by atoms with Crippen molar-refractivity contribution < 1.29 is 0 Å². The summed E-state index contributed by atoms with van der Waals surface area (Å²) in [5.41, 5.74) is 1.82. The highest BCUT2D eigenvalue weighted by Crippen LogP contribution is 2.04. The third-order valence-electron chi connectivity index (χ3n) is 1.83. The van der Waals surface area contributed by atoms with E-state index in [1.165, 1.54) is 0 Å². The smallest absolute Gasteiger partial charge is 0.165 e. The van der Waals surface area contributed by atoms with Crippen LogP contribution in [-0.2, 0) is 6.42 Å². The van der Waals surface area contributed by atoms with Crippen LogP contribution in [0.3, 0.4) is 0 Å². The predicted molar refractivity (Wildman–Crippen MR) is 47.0 cm³/mol. The summed E-state index contributed by atoms with van der Waals surface area (Å²) in [5, 5.41) is 12.7. The Morgan fingerprint density at radius 1 is 1.54 bits per heavy atom. The van der Waals surface area contributed by atoms with Gasteiger partial charge in [0.1, 0.15) is 0 Å². The standard InChI is InChI=1S/C9H8N4/c1-7-3-2-4-9-11-8(5-6-10)12-13(7)9/h2-4H,5H2,1H3.